The minimum atomic E-state index is 0.367. The van der Waals surface area contributed by atoms with E-state index in [1.165, 1.54) is 6.33 Å². The number of hydrogen-bond acceptors (Lipinski definition) is 9. The average Bonchev–Trinajstić information content (AvgIpc) is 3.14. The summed E-state index contributed by atoms with van der Waals surface area (Å²) < 4.78 is 11.9. The lowest BCUT2D eigenvalue weighted by Gasteiger charge is -2.07. The molecule has 0 aromatic carbocycles. The van der Waals surface area contributed by atoms with Crippen molar-refractivity contribution in [2.24, 2.45) is 0 Å². The zero-order chi connectivity index (χ0) is 15.5. The Morgan fingerprint density at radius 2 is 2.23 bits per heavy atom. The maximum absolute atomic E-state index is 5.17. The summed E-state index contributed by atoms with van der Waals surface area (Å²) in [5.41, 5.74) is 0.755. The highest BCUT2D eigenvalue weighted by Crippen LogP contribution is 2.13. The lowest BCUT2D eigenvalue weighted by Crippen LogP contribution is -2.11. The molecule has 0 unspecified atom stereocenters. The highest BCUT2D eigenvalue weighted by atomic mass is 16.5. The number of methoxy groups -OCH3 is 1. The third-order valence-corrected chi connectivity index (χ3v) is 2.88. The molecule has 0 saturated carbocycles. The van der Waals surface area contributed by atoms with Crippen LogP contribution in [0.1, 0.15) is 11.6 Å². The molecule has 116 valence electrons. The topological polar surface area (TPSA) is 106 Å². The first-order valence-corrected chi connectivity index (χ1v) is 6.59. The van der Waals surface area contributed by atoms with Gasteiger partial charge in [-0.15, -0.1) is 0 Å². The molecule has 0 atom stereocenters. The van der Waals surface area contributed by atoms with Crippen molar-refractivity contribution in [1.82, 2.24) is 29.7 Å². The molecule has 22 heavy (non-hydrogen) atoms. The first-order valence-electron chi connectivity index (χ1n) is 6.59. The second kappa shape index (κ2) is 5.93. The Hall–Kier alpha value is -2.75. The van der Waals surface area contributed by atoms with E-state index in [1.807, 2.05) is 20.2 Å². The Morgan fingerprint density at radius 3 is 2.95 bits per heavy atom. The first-order chi connectivity index (χ1) is 10.7. The summed E-state index contributed by atoms with van der Waals surface area (Å²) in [5, 5.41) is 11.2. The SMILES string of the molecule is COCc1cc(NCc2nc(N(C)C)no2)n2ncnc2n1. The second-order valence-electron chi connectivity index (χ2n) is 4.77. The van der Waals surface area contributed by atoms with Gasteiger partial charge in [0.25, 0.3) is 11.7 Å². The van der Waals surface area contributed by atoms with Crippen molar-refractivity contribution in [2.75, 3.05) is 31.4 Å². The molecular formula is C12H16N8O2. The molecule has 0 saturated heterocycles. The molecule has 3 aromatic rings. The minimum Gasteiger partial charge on any atom is -0.378 e. The zero-order valence-corrected chi connectivity index (χ0v) is 12.5. The predicted molar refractivity (Wildman–Crippen MR) is 77.4 cm³/mol. The maximum Gasteiger partial charge on any atom is 0.265 e. The highest BCUT2D eigenvalue weighted by Gasteiger charge is 2.11. The number of fused-ring (bicyclic) bond motifs is 1. The van der Waals surface area contributed by atoms with Gasteiger partial charge >= 0.3 is 0 Å². The van der Waals surface area contributed by atoms with Gasteiger partial charge in [-0.05, 0) is 5.16 Å². The molecule has 1 N–H and O–H groups in total. The quantitative estimate of drug-likeness (QED) is 0.689. The summed E-state index contributed by atoms with van der Waals surface area (Å²) in [6.45, 7) is 0.760. The van der Waals surface area contributed by atoms with Gasteiger partial charge in [0.2, 0.25) is 5.89 Å². The van der Waals surface area contributed by atoms with Gasteiger partial charge in [-0.1, -0.05) is 0 Å². The molecule has 0 aliphatic carbocycles. The van der Waals surface area contributed by atoms with Crippen LogP contribution >= 0.6 is 0 Å². The Kier molecular flexibility index (Phi) is 3.83. The lowest BCUT2D eigenvalue weighted by molar-refractivity contribution is 0.181. The van der Waals surface area contributed by atoms with Gasteiger partial charge in [0, 0.05) is 27.3 Å². The molecule has 0 spiro atoms. The molecule has 0 amide bonds. The molecule has 0 fully saturated rings. The van der Waals surface area contributed by atoms with E-state index in [9.17, 15) is 0 Å². The summed E-state index contributed by atoms with van der Waals surface area (Å²) in [6, 6.07) is 1.84. The Balaban J connectivity index is 1.81. The van der Waals surface area contributed by atoms with Crippen LogP contribution in [-0.4, -0.2) is 50.9 Å². The Morgan fingerprint density at radius 1 is 1.36 bits per heavy atom. The van der Waals surface area contributed by atoms with Gasteiger partial charge in [0.15, 0.2) is 0 Å². The molecule has 3 heterocycles. The van der Waals surface area contributed by atoms with Crippen molar-refractivity contribution in [3.05, 3.63) is 24.0 Å². The Labute approximate surface area is 126 Å². The van der Waals surface area contributed by atoms with E-state index < -0.39 is 0 Å². The predicted octanol–water partition coefficient (Wildman–Crippen LogP) is 0.332. The van der Waals surface area contributed by atoms with Crippen molar-refractivity contribution in [3.8, 4) is 0 Å². The van der Waals surface area contributed by atoms with Crippen molar-refractivity contribution < 1.29 is 9.26 Å². The monoisotopic (exact) mass is 304 g/mol. The Bertz CT molecular complexity index is 765. The third kappa shape index (κ3) is 2.81. The molecule has 0 aliphatic heterocycles. The van der Waals surface area contributed by atoms with Gasteiger partial charge in [0.1, 0.15) is 12.1 Å². The van der Waals surface area contributed by atoms with E-state index in [-0.39, 0.29) is 0 Å². The van der Waals surface area contributed by atoms with Crippen LogP contribution < -0.4 is 10.2 Å². The van der Waals surface area contributed by atoms with E-state index >= 15 is 0 Å². The highest BCUT2D eigenvalue weighted by molar-refractivity contribution is 5.44. The van der Waals surface area contributed by atoms with Gasteiger partial charge in [-0.3, -0.25) is 0 Å². The summed E-state index contributed by atoms with van der Waals surface area (Å²) in [4.78, 5) is 14.4. The maximum atomic E-state index is 5.17. The molecule has 3 aromatic heterocycles. The van der Waals surface area contributed by atoms with Crippen LogP contribution in [0.25, 0.3) is 5.78 Å². The number of rotatable bonds is 6. The van der Waals surface area contributed by atoms with Crippen molar-refractivity contribution in [3.63, 3.8) is 0 Å². The fourth-order valence-corrected chi connectivity index (χ4v) is 1.87. The van der Waals surface area contributed by atoms with Crippen LogP contribution in [-0.2, 0) is 17.9 Å². The number of hydrogen-bond donors (Lipinski definition) is 1. The molecule has 0 bridgehead atoms. The van der Waals surface area contributed by atoms with Crippen LogP contribution in [0.2, 0.25) is 0 Å². The van der Waals surface area contributed by atoms with Crippen LogP contribution in [0, 0.1) is 0 Å². The second-order valence-corrected chi connectivity index (χ2v) is 4.77. The summed E-state index contributed by atoms with van der Waals surface area (Å²) in [6.07, 6.45) is 1.45. The standard InChI is InChI=1S/C12H16N8O2/c1-19(2)12-17-10(22-18-12)5-13-9-4-8(6-21-3)16-11-14-7-15-20(9)11/h4,7,13H,5-6H2,1-3H3. The van der Waals surface area contributed by atoms with E-state index in [4.69, 9.17) is 9.26 Å². The number of aromatic nitrogens is 6. The number of ether oxygens (including phenoxy) is 1. The first kappa shape index (κ1) is 14.2. The smallest absolute Gasteiger partial charge is 0.265 e. The van der Waals surface area contributed by atoms with Crippen LogP contribution in [0.3, 0.4) is 0 Å². The van der Waals surface area contributed by atoms with Gasteiger partial charge in [-0.2, -0.15) is 19.6 Å². The fourth-order valence-electron chi connectivity index (χ4n) is 1.87. The number of nitrogens with zero attached hydrogens (tertiary/aromatic N) is 7. The van der Waals surface area contributed by atoms with E-state index in [0.717, 1.165) is 11.5 Å². The van der Waals surface area contributed by atoms with Gasteiger partial charge in [-0.25, -0.2) is 4.98 Å². The van der Waals surface area contributed by atoms with Crippen LogP contribution in [0.15, 0.2) is 16.9 Å². The zero-order valence-electron chi connectivity index (χ0n) is 12.5. The van der Waals surface area contributed by atoms with Crippen molar-refractivity contribution in [1.29, 1.82) is 0 Å². The summed E-state index contributed by atoms with van der Waals surface area (Å²) in [7, 11) is 5.31. The largest absolute Gasteiger partial charge is 0.378 e. The molecule has 10 nitrogen and oxygen atoms in total. The van der Waals surface area contributed by atoms with Crippen molar-refractivity contribution >= 4 is 17.5 Å². The van der Waals surface area contributed by atoms with Crippen LogP contribution in [0.5, 0.6) is 0 Å². The molecular weight excluding hydrogens is 288 g/mol. The minimum absolute atomic E-state index is 0.367. The summed E-state index contributed by atoms with van der Waals surface area (Å²) in [5.74, 6) is 2.22. The average molecular weight is 304 g/mol. The van der Waals surface area contributed by atoms with Crippen molar-refractivity contribution in [2.45, 2.75) is 13.2 Å². The molecule has 10 heteroatoms. The number of nitrogens with one attached hydrogen (secondary N) is 1. The molecule has 0 radical (unpaired) electrons. The summed E-state index contributed by atoms with van der Waals surface area (Å²) >= 11 is 0. The molecule has 0 aliphatic rings. The van der Waals surface area contributed by atoms with E-state index in [2.05, 4.69) is 30.5 Å². The lowest BCUT2D eigenvalue weighted by atomic mass is 10.4. The van der Waals surface area contributed by atoms with E-state index in [0.29, 0.717) is 30.8 Å². The number of anilines is 2. The molecule has 3 rings (SSSR count). The van der Waals surface area contributed by atoms with Gasteiger partial charge in [0.05, 0.1) is 18.8 Å². The normalized spacial score (nSPS) is 11.0. The fraction of sp³-hybridized carbons (Fsp3) is 0.417. The van der Waals surface area contributed by atoms with Crippen LogP contribution in [0.4, 0.5) is 11.8 Å². The van der Waals surface area contributed by atoms with Gasteiger partial charge < -0.3 is 19.5 Å². The third-order valence-electron chi connectivity index (χ3n) is 2.88. The van der Waals surface area contributed by atoms with E-state index in [1.54, 1.807) is 16.5 Å².